The highest BCUT2D eigenvalue weighted by atomic mass is 16.5. The van der Waals surface area contributed by atoms with Crippen LogP contribution in [-0.4, -0.2) is 44.8 Å². The maximum atomic E-state index is 5.55. The summed E-state index contributed by atoms with van der Waals surface area (Å²) in [4.78, 5) is 2.75. The van der Waals surface area contributed by atoms with Gasteiger partial charge >= 0.3 is 0 Å². The van der Waals surface area contributed by atoms with E-state index in [-0.39, 0.29) is 0 Å². The van der Waals surface area contributed by atoms with E-state index >= 15 is 0 Å². The zero-order valence-electron chi connectivity index (χ0n) is 15.7. The molecule has 1 aromatic rings. The first-order valence-electron chi connectivity index (χ1n) is 10.0. The molecule has 0 aliphatic carbocycles. The fourth-order valence-electron chi connectivity index (χ4n) is 5.20. The molecule has 0 aromatic heterocycles. The number of piperidine rings is 2. The van der Waals surface area contributed by atoms with Gasteiger partial charge in [0.15, 0.2) is 11.5 Å². The van der Waals surface area contributed by atoms with E-state index in [9.17, 15) is 0 Å². The highest BCUT2D eigenvalue weighted by molar-refractivity contribution is 5.49. The molecule has 1 N–H and O–H groups in total. The Bertz CT molecular complexity index is 604. The summed E-state index contributed by atoms with van der Waals surface area (Å²) in [5.41, 5.74) is 2.85. The van der Waals surface area contributed by atoms with Crippen LogP contribution in [0, 0.1) is 5.92 Å². The van der Waals surface area contributed by atoms with Gasteiger partial charge in [-0.05, 0) is 87.3 Å². The molecule has 0 saturated carbocycles. The van der Waals surface area contributed by atoms with Gasteiger partial charge < -0.3 is 19.7 Å². The lowest BCUT2D eigenvalue weighted by Gasteiger charge is -2.43. The van der Waals surface area contributed by atoms with Crippen molar-refractivity contribution in [2.75, 3.05) is 33.9 Å². The quantitative estimate of drug-likeness (QED) is 0.906. The molecule has 4 rings (SSSR count). The molecule has 138 valence electrons. The SMILES string of the molecule is COc1cc2c(cc1OC)C(CC1CCN3CCCCC3C1)NCC2. The number of hydrogen-bond donors (Lipinski definition) is 1. The third-order valence-corrected chi connectivity index (χ3v) is 6.55. The molecule has 3 unspecified atom stereocenters. The third-order valence-electron chi connectivity index (χ3n) is 6.55. The standard InChI is InChI=1S/C21H32N2O2/c1-24-20-13-16-6-8-22-19(18(16)14-21(20)25-2)12-15-7-10-23-9-4-3-5-17(23)11-15/h13-15,17,19,22H,3-12H2,1-2H3. The van der Waals surface area contributed by atoms with Gasteiger partial charge in [-0.25, -0.2) is 0 Å². The van der Waals surface area contributed by atoms with Crippen LogP contribution in [0.5, 0.6) is 11.5 Å². The molecule has 3 heterocycles. The summed E-state index contributed by atoms with van der Waals surface area (Å²) in [5.74, 6) is 2.56. The second-order valence-electron chi connectivity index (χ2n) is 7.97. The van der Waals surface area contributed by atoms with Crippen LogP contribution >= 0.6 is 0 Å². The maximum Gasteiger partial charge on any atom is 0.161 e. The van der Waals surface area contributed by atoms with Gasteiger partial charge in [0.05, 0.1) is 14.2 Å². The first kappa shape index (κ1) is 17.2. The second kappa shape index (κ2) is 7.55. The Balaban J connectivity index is 1.49. The maximum absolute atomic E-state index is 5.55. The average molecular weight is 344 g/mol. The monoisotopic (exact) mass is 344 g/mol. The molecule has 3 aliphatic rings. The van der Waals surface area contributed by atoms with Crippen molar-refractivity contribution in [3.63, 3.8) is 0 Å². The van der Waals surface area contributed by atoms with Crippen molar-refractivity contribution in [2.24, 2.45) is 5.92 Å². The van der Waals surface area contributed by atoms with E-state index in [2.05, 4.69) is 22.3 Å². The van der Waals surface area contributed by atoms with Crippen LogP contribution in [0.3, 0.4) is 0 Å². The fourth-order valence-corrected chi connectivity index (χ4v) is 5.20. The van der Waals surface area contributed by atoms with Gasteiger partial charge in [-0.2, -0.15) is 0 Å². The van der Waals surface area contributed by atoms with Crippen LogP contribution in [0.1, 0.15) is 55.7 Å². The zero-order chi connectivity index (χ0) is 17.2. The van der Waals surface area contributed by atoms with Gasteiger partial charge in [0.25, 0.3) is 0 Å². The van der Waals surface area contributed by atoms with E-state index in [0.717, 1.165) is 36.4 Å². The van der Waals surface area contributed by atoms with Crippen molar-refractivity contribution in [3.05, 3.63) is 23.3 Å². The Labute approximate surface area is 151 Å². The predicted octanol–water partition coefficient (Wildman–Crippen LogP) is 3.55. The molecule has 1 aromatic carbocycles. The number of benzene rings is 1. The number of nitrogens with one attached hydrogen (secondary N) is 1. The fraction of sp³-hybridized carbons (Fsp3) is 0.714. The molecular formula is C21H32N2O2. The predicted molar refractivity (Wildman–Crippen MR) is 101 cm³/mol. The normalized spacial score (nSPS) is 29.6. The number of fused-ring (bicyclic) bond motifs is 2. The molecule has 2 saturated heterocycles. The minimum absolute atomic E-state index is 0.462. The number of ether oxygens (including phenoxy) is 2. The number of hydrogen-bond acceptors (Lipinski definition) is 4. The van der Waals surface area contributed by atoms with Crippen LogP contribution < -0.4 is 14.8 Å². The molecule has 0 bridgehead atoms. The Morgan fingerprint density at radius 3 is 2.76 bits per heavy atom. The van der Waals surface area contributed by atoms with Crippen molar-refractivity contribution >= 4 is 0 Å². The number of methoxy groups -OCH3 is 2. The van der Waals surface area contributed by atoms with Crippen LogP contribution in [0.4, 0.5) is 0 Å². The van der Waals surface area contributed by atoms with E-state index in [1.165, 1.54) is 62.7 Å². The van der Waals surface area contributed by atoms with Crippen molar-refractivity contribution in [2.45, 2.75) is 57.0 Å². The van der Waals surface area contributed by atoms with Crippen LogP contribution in [0.2, 0.25) is 0 Å². The molecule has 4 nitrogen and oxygen atoms in total. The van der Waals surface area contributed by atoms with E-state index in [4.69, 9.17) is 9.47 Å². The smallest absolute Gasteiger partial charge is 0.161 e. The van der Waals surface area contributed by atoms with E-state index < -0.39 is 0 Å². The molecular weight excluding hydrogens is 312 g/mol. The summed E-state index contributed by atoms with van der Waals surface area (Å²) in [6.07, 6.45) is 9.32. The first-order chi connectivity index (χ1) is 12.3. The molecule has 3 atom stereocenters. The van der Waals surface area contributed by atoms with E-state index in [1.54, 1.807) is 14.2 Å². The summed E-state index contributed by atoms with van der Waals surface area (Å²) in [5, 5.41) is 3.77. The Morgan fingerprint density at radius 2 is 1.92 bits per heavy atom. The lowest BCUT2D eigenvalue weighted by Crippen LogP contribution is -2.46. The number of rotatable bonds is 4. The van der Waals surface area contributed by atoms with Crippen molar-refractivity contribution in [1.29, 1.82) is 0 Å². The lowest BCUT2D eigenvalue weighted by molar-refractivity contribution is 0.0722. The van der Waals surface area contributed by atoms with Crippen LogP contribution in [0.25, 0.3) is 0 Å². The van der Waals surface area contributed by atoms with Crippen LogP contribution in [-0.2, 0) is 6.42 Å². The van der Waals surface area contributed by atoms with Crippen molar-refractivity contribution in [3.8, 4) is 11.5 Å². The Hall–Kier alpha value is -1.26. The van der Waals surface area contributed by atoms with Gasteiger partial charge in [0.1, 0.15) is 0 Å². The Kier molecular flexibility index (Phi) is 5.18. The van der Waals surface area contributed by atoms with Gasteiger partial charge in [-0.3, -0.25) is 0 Å². The van der Waals surface area contributed by atoms with Gasteiger partial charge in [0.2, 0.25) is 0 Å². The lowest BCUT2D eigenvalue weighted by atomic mass is 9.80. The van der Waals surface area contributed by atoms with Gasteiger partial charge in [0, 0.05) is 12.1 Å². The zero-order valence-corrected chi connectivity index (χ0v) is 15.7. The van der Waals surface area contributed by atoms with Gasteiger partial charge in [-0.1, -0.05) is 6.42 Å². The highest BCUT2D eigenvalue weighted by Crippen LogP contribution is 2.39. The van der Waals surface area contributed by atoms with Crippen molar-refractivity contribution in [1.82, 2.24) is 10.2 Å². The van der Waals surface area contributed by atoms with E-state index in [1.807, 2.05) is 0 Å². The topological polar surface area (TPSA) is 33.7 Å². The summed E-state index contributed by atoms with van der Waals surface area (Å²) in [6.45, 7) is 3.70. The van der Waals surface area contributed by atoms with Crippen molar-refractivity contribution < 1.29 is 9.47 Å². The molecule has 2 fully saturated rings. The molecule has 0 amide bonds. The molecule has 3 aliphatic heterocycles. The van der Waals surface area contributed by atoms with E-state index in [0.29, 0.717) is 6.04 Å². The average Bonchev–Trinajstić information content (AvgIpc) is 2.67. The minimum Gasteiger partial charge on any atom is -0.493 e. The largest absolute Gasteiger partial charge is 0.493 e. The molecule has 0 spiro atoms. The summed E-state index contributed by atoms with van der Waals surface area (Å²) >= 11 is 0. The first-order valence-corrected chi connectivity index (χ1v) is 10.0. The molecule has 0 radical (unpaired) electrons. The summed E-state index contributed by atoms with van der Waals surface area (Å²) in [6, 6.07) is 5.71. The highest BCUT2D eigenvalue weighted by Gasteiger charge is 2.32. The minimum atomic E-state index is 0.462. The third kappa shape index (κ3) is 3.52. The summed E-state index contributed by atoms with van der Waals surface area (Å²) in [7, 11) is 3.45. The van der Waals surface area contributed by atoms with Crippen LogP contribution in [0.15, 0.2) is 12.1 Å². The molecule has 25 heavy (non-hydrogen) atoms. The van der Waals surface area contributed by atoms with Gasteiger partial charge in [-0.15, -0.1) is 0 Å². The summed E-state index contributed by atoms with van der Waals surface area (Å²) < 4.78 is 11.0. The Morgan fingerprint density at radius 1 is 1.08 bits per heavy atom. The molecule has 4 heteroatoms. The number of nitrogens with zero attached hydrogens (tertiary/aromatic N) is 1. The second-order valence-corrected chi connectivity index (χ2v) is 7.97.